The third-order valence-electron chi connectivity index (χ3n) is 2.30. The minimum Gasteiger partial charge on any atom is -0.383 e. The first-order valence-electron chi connectivity index (χ1n) is 5.56. The molecule has 1 unspecified atom stereocenters. The van der Waals surface area contributed by atoms with Crippen LogP contribution in [0.4, 0.5) is 0 Å². The first kappa shape index (κ1) is 14.4. The molecule has 0 aliphatic heterocycles. The number of nitrogens with two attached hydrogens (primary N) is 1. The van der Waals surface area contributed by atoms with Crippen molar-refractivity contribution in [3.63, 3.8) is 0 Å². The van der Waals surface area contributed by atoms with Crippen LogP contribution in [0.3, 0.4) is 0 Å². The SMILES string of the molecule is CCN(CCOC)C(=O)C(N)CC(C)C. The van der Waals surface area contributed by atoms with E-state index in [1.807, 2.05) is 6.92 Å². The molecule has 0 aromatic heterocycles. The summed E-state index contributed by atoms with van der Waals surface area (Å²) in [6, 6.07) is -0.373. The zero-order valence-electron chi connectivity index (χ0n) is 10.3. The second-order valence-electron chi connectivity index (χ2n) is 4.15. The topological polar surface area (TPSA) is 55.6 Å². The fourth-order valence-electron chi connectivity index (χ4n) is 1.47. The van der Waals surface area contributed by atoms with Gasteiger partial charge in [-0.3, -0.25) is 4.79 Å². The number of carbonyl (C=O) groups is 1. The lowest BCUT2D eigenvalue weighted by atomic mass is 10.0. The summed E-state index contributed by atoms with van der Waals surface area (Å²) in [5, 5.41) is 0. The number of rotatable bonds is 7. The van der Waals surface area contributed by atoms with Gasteiger partial charge in [-0.15, -0.1) is 0 Å². The first-order valence-corrected chi connectivity index (χ1v) is 5.56. The average molecular weight is 216 g/mol. The highest BCUT2D eigenvalue weighted by Gasteiger charge is 2.20. The number of methoxy groups -OCH3 is 1. The Labute approximate surface area is 92.8 Å². The van der Waals surface area contributed by atoms with Crippen LogP contribution in [-0.4, -0.2) is 43.7 Å². The molecule has 0 radical (unpaired) electrons. The van der Waals surface area contributed by atoms with Crippen LogP contribution in [0.15, 0.2) is 0 Å². The molecule has 0 aromatic rings. The second kappa shape index (κ2) is 7.65. The molecule has 0 saturated heterocycles. The molecule has 15 heavy (non-hydrogen) atoms. The summed E-state index contributed by atoms with van der Waals surface area (Å²) < 4.78 is 4.95. The number of likely N-dealkylation sites (N-methyl/N-ethyl adjacent to an activating group) is 1. The van der Waals surface area contributed by atoms with Gasteiger partial charge in [0.1, 0.15) is 0 Å². The molecular weight excluding hydrogens is 192 g/mol. The highest BCUT2D eigenvalue weighted by Crippen LogP contribution is 2.05. The van der Waals surface area contributed by atoms with Crippen molar-refractivity contribution < 1.29 is 9.53 Å². The summed E-state index contributed by atoms with van der Waals surface area (Å²) in [7, 11) is 1.63. The smallest absolute Gasteiger partial charge is 0.239 e. The van der Waals surface area contributed by atoms with Crippen LogP contribution >= 0.6 is 0 Å². The van der Waals surface area contributed by atoms with E-state index in [1.165, 1.54) is 0 Å². The van der Waals surface area contributed by atoms with Gasteiger partial charge in [-0.1, -0.05) is 13.8 Å². The zero-order chi connectivity index (χ0) is 11.8. The van der Waals surface area contributed by atoms with Crippen molar-refractivity contribution in [3.05, 3.63) is 0 Å². The molecule has 4 nitrogen and oxygen atoms in total. The Morgan fingerprint density at radius 3 is 2.47 bits per heavy atom. The van der Waals surface area contributed by atoms with Crippen LogP contribution in [0, 0.1) is 5.92 Å². The summed E-state index contributed by atoms with van der Waals surface area (Å²) in [6.07, 6.45) is 0.738. The highest BCUT2D eigenvalue weighted by atomic mass is 16.5. The summed E-state index contributed by atoms with van der Waals surface area (Å²) in [5.74, 6) is 0.480. The van der Waals surface area contributed by atoms with E-state index >= 15 is 0 Å². The van der Waals surface area contributed by atoms with E-state index in [4.69, 9.17) is 10.5 Å². The van der Waals surface area contributed by atoms with Crippen LogP contribution in [0.5, 0.6) is 0 Å². The van der Waals surface area contributed by atoms with E-state index in [1.54, 1.807) is 12.0 Å². The van der Waals surface area contributed by atoms with Gasteiger partial charge in [0.2, 0.25) is 5.91 Å². The maximum atomic E-state index is 11.9. The Kier molecular flexibility index (Phi) is 7.34. The molecule has 0 fully saturated rings. The predicted molar refractivity (Wildman–Crippen MR) is 61.6 cm³/mol. The standard InChI is InChI=1S/C11H24N2O2/c1-5-13(6-7-15-4)11(14)10(12)8-9(2)3/h9-10H,5-8,12H2,1-4H3. The molecule has 0 heterocycles. The normalized spacial score (nSPS) is 12.9. The van der Waals surface area contributed by atoms with Gasteiger partial charge in [-0.2, -0.15) is 0 Å². The minimum atomic E-state index is -0.373. The van der Waals surface area contributed by atoms with Gasteiger partial charge in [0.05, 0.1) is 12.6 Å². The number of nitrogens with zero attached hydrogens (tertiary/aromatic N) is 1. The lowest BCUT2D eigenvalue weighted by Crippen LogP contribution is -2.45. The van der Waals surface area contributed by atoms with E-state index in [2.05, 4.69) is 13.8 Å². The maximum absolute atomic E-state index is 11.9. The molecule has 0 saturated carbocycles. The van der Waals surface area contributed by atoms with Crippen molar-refractivity contribution in [1.82, 2.24) is 4.90 Å². The lowest BCUT2D eigenvalue weighted by molar-refractivity contribution is -0.133. The predicted octanol–water partition coefficient (Wildman–Crippen LogP) is 0.855. The van der Waals surface area contributed by atoms with Gasteiger partial charge in [-0.25, -0.2) is 0 Å². The summed E-state index contributed by atoms with van der Waals surface area (Å²) in [6.45, 7) is 7.96. The van der Waals surface area contributed by atoms with Gasteiger partial charge in [0, 0.05) is 20.2 Å². The van der Waals surface area contributed by atoms with Gasteiger partial charge in [-0.05, 0) is 19.3 Å². The maximum Gasteiger partial charge on any atom is 0.239 e. The number of ether oxygens (including phenoxy) is 1. The van der Waals surface area contributed by atoms with Crippen molar-refractivity contribution >= 4 is 5.91 Å². The van der Waals surface area contributed by atoms with E-state index in [0.717, 1.165) is 6.42 Å². The van der Waals surface area contributed by atoms with Gasteiger partial charge in [0.15, 0.2) is 0 Å². The Balaban J connectivity index is 4.11. The minimum absolute atomic E-state index is 0.0308. The van der Waals surface area contributed by atoms with Crippen LogP contribution < -0.4 is 5.73 Å². The van der Waals surface area contributed by atoms with E-state index < -0.39 is 0 Å². The molecule has 1 atom stereocenters. The molecule has 90 valence electrons. The molecular formula is C11H24N2O2. The van der Waals surface area contributed by atoms with E-state index in [0.29, 0.717) is 25.6 Å². The molecule has 0 bridgehead atoms. The molecule has 0 aliphatic carbocycles. The third-order valence-corrected chi connectivity index (χ3v) is 2.30. The highest BCUT2D eigenvalue weighted by molar-refractivity contribution is 5.81. The van der Waals surface area contributed by atoms with Crippen LogP contribution in [0.25, 0.3) is 0 Å². The summed E-state index contributed by atoms with van der Waals surface area (Å²) >= 11 is 0. The number of hydrogen-bond donors (Lipinski definition) is 1. The third kappa shape index (κ3) is 5.74. The lowest BCUT2D eigenvalue weighted by Gasteiger charge is -2.24. The van der Waals surface area contributed by atoms with Gasteiger partial charge in [0.25, 0.3) is 0 Å². The molecule has 0 aliphatic rings. The average Bonchev–Trinajstić information content (AvgIpc) is 2.17. The first-order chi connectivity index (χ1) is 7.02. The number of amides is 1. The Morgan fingerprint density at radius 2 is 2.07 bits per heavy atom. The van der Waals surface area contributed by atoms with E-state index in [-0.39, 0.29) is 11.9 Å². The molecule has 0 spiro atoms. The largest absolute Gasteiger partial charge is 0.383 e. The van der Waals surface area contributed by atoms with Crippen molar-refractivity contribution in [1.29, 1.82) is 0 Å². The molecule has 0 aromatic carbocycles. The molecule has 4 heteroatoms. The second-order valence-corrected chi connectivity index (χ2v) is 4.15. The van der Waals surface area contributed by atoms with Crippen molar-refractivity contribution in [2.75, 3.05) is 26.8 Å². The van der Waals surface area contributed by atoms with Gasteiger partial charge < -0.3 is 15.4 Å². The summed E-state index contributed by atoms with van der Waals surface area (Å²) in [4.78, 5) is 13.6. The Bertz CT molecular complexity index is 183. The quantitative estimate of drug-likeness (QED) is 0.686. The number of hydrogen-bond acceptors (Lipinski definition) is 3. The van der Waals surface area contributed by atoms with Crippen LogP contribution in [0.2, 0.25) is 0 Å². The Morgan fingerprint density at radius 1 is 1.47 bits per heavy atom. The molecule has 0 rings (SSSR count). The van der Waals surface area contributed by atoms with Crippen molar-refractivity contribution in [2.45, 2.75) is 33.2 Å². The van der Waals surface area contributed by atoms with E-state index in [9.17, 15) is 4.79 Å². The Hall–Kier alpha value is -0.610. The number of carbonyl (C=O) groups excluding carboxylic acids is 1. The van der Waals surface area contributed by atoms with Crippen molar-refractivity contribution in [3.8, 4) is 0 Å². The van der Waals surface area contributed by atoms with Crippen LogP contribution in [-0.2, 0) is 9.53 Å². The summed E-state index contributed by atoms with van der Waals surface area (Å²) in [5.41, 5.74) is 5.83. The fraction of sp³-hybridized carbons (Fsp3) is 0.909. The molecule has 2 N–H and O–H groups in total. The van der Waals surface area contributed by atoms with Gasteiger partial charge >= 0.3 is 0 Å². The monoisotopic (exact) mass is 216 g/mol. The zero-order valence-corrected chi connectivity index (χ0v) is 10.3. The van der Waals surface area contributed by atoms with Crippen molar-refractivity contribution in [2.24, 2.45) is 11.7 Å². The fourth-order valence-corrected chi connectivity index (χ4v) is 1.47. The molecule has 1 amide bonds. The van der Waals surface area contributed by atoms with Crippen LogP contribution in [0.1, 0.15) is 27.2 Å².